The van der Waals surface area contributed by atoms with Crippen LogP contribution in [-0.2, 0) is 4.79 Å². The number of hydrogen-bond donors (Lipinski definition) is 0. The molecule has 0 aliphatic carbocycles. The van der Waals surface area contributed by atoms with E-state index in [0.29, 0.717) is 0 Å². The van der Waals surface area contributed by atoms with Gasteiger partial charge in [0.1, 0.15) is 6.04 Å². The summed E-state index contributed by atoms with van der Waals surface area (Å²) in [6.07, 6.45) is 3.72. The van der Waals surface area contributed by atoms with Gasteiger partial charge in [0.05, 0.1) is 7.11 Å². The van der Waals surface area contributed by atoms with E-state index in [2.05, 4.69) is 0 Å². The lowest BCUT2D eigenvalue weighted by molar-refractivity contribution is -0.133. The predicted molar refractivity (Wildman–Crippen MR) is 67.8 cm³/mol. The smallest absolute Gasteiger partial charge is 0.293 e. The minimum Gasteiger partial charge on any atom is -0.491 e. The summed E-state index contributed by atoms with van der Waals surface area (Å²) in [5, 5.41) is 0. The molecular formula is C13H18N2O3. The van der Waals surface area contributed by atoms with Crippen molar-refractivity contribution in [1.82, 2.24) is 9.47 Å². The van der Waals surface area contributed by atoms with Crippen LogP contribution < -0.4 is 10.3 Å². The van der Waals surface area contributed by atoms with Crippen molar-refractivity contribution in [3.8, 4) is 5.75 Å². The second-order valence-electron chi connectivity index (χ2n) is 4.50. The van der Waals surface area contributed by atoms with Crippen LogP contribution in [0.2, 0.25) is 0 Å². The average molecular weight is 250 g/mol. The fourth-order valence-corrected chi connectivity index (χ4v) is 2.27. The molecule has 0 aromatic carbocycles. The molecule has 1 aliphatic rings. The van der Waals surface area contributed by atoms with E-state index >= 15 is 0 Å². The molecular weight excluding hydrogens is 232 g/mol. The van der Waals surface area contributed by atoms with Gasteiger partial charge in [0.15, 0.2) is 5.75 Å². The molecule has 1 fully saturated rings. The van der Waals surface area contributed by atoms with Gasteiger partial charge in [-0.15, -0.1) is 0 Å². The van der Waals surface area contributed by atoms with Gasteiger partial charge in [0.25, 0.3) is 5.56 Å². The van der Waals surface area contributed by atoms with Crippen molar-refractivity contribution in [2.75, 3.05) is 20.2 Å². The van der Waals surface area contributed by atoms with Crippen molar-refractivity contribution < 1.29 is 9.53 Å². The van der Waals surface area contributed by atoms with Gasteiger partial charge in [-0.3, -0.25) is 9.59 Å². The van der Waals surface area contributed by atoms with Crippen molar-refractivity contribution in [1.29, 1.82) is 0 Å². The number of likely N-dealkylation sites (tertiary alicyclic amines) is 1. The van der Waals surface area contributed by atoms with E-state index in [0.717, 1.165) is 25.9 Å². The van der Waals surface area contributed by atoms with E-state index in [1.165, 1.54) is 11.7 Å². The molecule has 5 heteroatoms. The van der Waals surface area contributed by atoms with Crippen LogP contribution in [0.25, 0.3) is 0 Å². The SMILES string of the molecule is COc1cccn(C(C)C(=O)N2CCCC2)c1=O. The molecule has 1 atom stereocenters. The van der Waals surface area contributed by atoms with Gasteiger partial charge in [-0.05, 0) is 31.9 Å². The van der Waals surface area contributed by atoms with E-state index < -0.39 is 6.04 Å². The Morgan fingerprint density at radius 3 is 2.67 bits per heavy atom. The summed E-state index contributed by atoms with van der Waals surface area (Å²) < 4.78 is 6.41. The Bertz CT molecular complexity index is 489. The first-order valence-electron chi connectivity index (χ1n) is 6.19. The zero-order valence-corrected chi connectivity index (χ0v) is 10.8. The number of aromatic nitrogens is 1. The molecule has 0 radical (unpaired) electrons. The Morgan fingerprint density at radius 2 is 2.06 bits per heavy atom. The normalized spacial score (nSPS) is 16.7. The third-order valence-corrected chi connectivity index (χ3v) is 3.35. The number of nitrogens with zero attached hydrogens (tertiary/aromatic N) is 2. The van der Waals surface area contributed by atoms with E-state index in [-0.39, 0.29) is 17.2 Å². The first-order chi connectivity index (χ1) is 8.65. The Labute approximate surface area is 106 Å². The zero-order valence-electron chi connectivity index (χ0n) is 10.8. The molecule has 18 heavy (non-hydrogen) atoms. The molecule has 1 aromatic rings. The van der Waals surface area contributed by atoms with Gasteiger partial charge in [0, 0.05) is 19.3 Å². The standard InChI is InChI=1S/C13H18N2O3/c1-10(12(16)14-7-3-4-8-14)15-9-5-6-11(18-2)13(15)17/h5-6,9-10H,3-4,7-8H2,1-2H3. The van der Waals surface area contributed by atoms with Gasteiger partial charge < -0.3 is 14.2 Å². The van der Waals surface area contributed by atoms with Crippen LogP contribution in [0.3, 0.4) is 0 Å². The molecule has 1 aromatic heterocycles. The van der Waals surface area contributed by atoms with E-state index in [4.69, 9.17) is 4.74 Å². The fourth-order valence-electron chi connectivity index (χ4n) is 2.27. The number of rotatable bonds is 3. The third kappa shape index (κ3) is 2.25. The van der Waals surface area contributed by atoms with Crippen molar-refractivity contribution in [2.45, 2.75) is 25.8 Å². The zero-order chi connectivity index (χ0) is 13.1. The second-order valence-corrected chi connectivity index (χ2v) is 4.50. The lowest BCUT2D eigenvalue weighted by atomic mass is 10.2. The topological polar surface area (TPSA) is 51.5 Å². The summed E-state index contributed by atoms with van der Waals surface area (Å²) in [5.41, 5.74) is -0.264. The Kier molecular flexibility index (Phi) is 3.69. The summed E-state index contributed by atoms with van der Waals surface area (Å²) in [7, 11) is 1.45. The number of carbonyl (C=O) groups is 1. The molecule has 1 unspecified atom stereocenters. The maximum Gasteiger partial charge on any atom is 0.293 e. The van der Waals surface area contributed by atoms with E-state index in [1.807, 2.05) is 4.90 Å². The molecule has 0 spiro atoms. The molecule has 1 saturated heterocycles. The maximum absolute atomic E-state index is 12.2. The predicted octanol–water partition coefficient (Wildman–Crippen LogP) is 1.04. The summed E-state index contributed by atoms with van der Waals surface area (Å²) in [6.45, 7) is 3.34. The highest BCUT2D eigenvalue weighted by Crippen LogP contribution is 2.15. The summed E-state index contributed by atoms with van der Waals surface area (Å²) in [6, 6.07) is 2.84. The molecule has 98 valence electrons. The van der Waals surface area contributed by atoms with Gasteiger partial charge in [-0.1, -0.05) is 0 Å². The first-order valence-corrected chi connectivity index (χ1v) is 6.19. The number of methoxy groups -OCH3 is 1. The second kappa shape index (κ2) is 5.25. The monoisotopic (exact) mass is 250 g/mol. The lowest BCUT2D eigenvalue weighted by Crippen LogP contribution is -2.37. The number of pyridine rings is 1. The van der Waals surface area contributed by atoms with Gasteiger partial charge >= 0.3 is 0 Å². The number of carbonyl (C=O) groups excluding carboxylic acids is 1. The van der Waals surface area contributed by atoms with Crippen LogP contribution in [0.1, 0.15) is 25.8 Å². The van der Waals surface area contributed by atoms with Crippen LogP contribution in [0, 0.1) is 0 Å². The van der Waals surface area contributed by atoms with Gasteiger partial charge in [-0.25, -0.2) is 0 Å². The molecule has 2 rings (SSSR count). The van der Waals surface area contributed by atoms with Gasteiger partial charge in [0.2, 0.25) is 5.91 Å². The van der Waals surface area contributed by atoms with Gasteiger partial charge in [-0.2, -0.15) is 0 Å². The molecule has 1 amide bonds. The molecule has 2 heterocycles. The van der Waals surface area contributed by atoms with Crippen LogP contribution in [0.15, 0.2) is 23.1 Å². The lowest BCUT2D eigenvalue weighted by Gasteiger charge is -2.22. The van der Waals surface area contributed by atoms with E-state index in [9.17, 15) is 9.59 Å². The number of hydrogen-bond acceptors (Lipinski definition) is 3. The maximum atomic E-state index is 12.2. The minimum absolute atomic E-state index is 0.00264. The van der Waals surface area contributed by atoms with Crippen molar-refractivity contribution in [3.05, 3.63) is 28.7 Å². The Hall–Kier alpha value is -1.78. The molecule has 0 bridgehead atoms. The Morgan fingerprint density at radius 1 is 1.39 bits per heavy atom. The van der Waals surface area contributed by atoms with Crippen LogP contribution >= 0.6 is 0 Å². The molecule has 1 aliphatic heterocycles. The average Bonchev–Trinajstić information content (AvgIpc) is 2.91. The Balaban J connectivity index is 2.25. The van der Waals surface area contributed by atoms with Crippen LogP contribution in [0.4, 0.5) is 0 Å². The van der Waals surface area contributed by atoms with Crippen molar-refractivity contribution in [2.24, 2.45) is 0 Å². The minimum atomic E-state index is -0.481. The highest BCUT2D eigenvalue weighted by molar-refractivity contribution is 5.80. The number of ether oxygens (including phenoxy) is 1. The summed E-state index contributed by atoms with van der Waals surface area (Å²) in [5.74, 6) is 0.265. The van der Waals surface area contributed by atoms with Crippen molar-refractivity contribution >= 4 is 5.91 Å². The quantitative estimate of drug-likeness (QED) is 0.805. The van der Waals surface area contributed by atoms with Crippen molar-refractivity contribution in [3.63, 3.8) is 0 Å². The molecule has 5 nitrogen and oxygen atoms in total. The highest BCUT2D eigenvalue weighted by Gasteiger charge is 2.25. The third-order valence-electron chi connectivity index (χ3n) is 3.35. The summed E-state index contributed by atoms with van der Waals surface area (Å²) in [4.78, 5) is 26.1. The highest BCUT2D eigenvalue weighted by atomic mass is 16.5. The molecule has 0 saturated carbocycles. The number of amides is 1. The first kappa shape index (κ1) is 12.7. The largest absolute Gasteiger partial charge is 0.491 e. The van der Waals surface area contributed by atoms with Crippen LogP contribution in [0.5, 0.6) is 5.75 Å². The fraction of sp³-hybridized carbons (Fsp3) is 0.538. The van der Waals surface area contributed by atoms with Crippen LogP contribution in [-0.4, -0.2) is 35.6 Å². The van der Waals surface area contributed by atoms with E-state index in [1.54, 1.807) is 25.3 Å². The molecule has 0 N–H and O–H groups in total. The summed E-state index contributed by atoms with van der Waals surface area (Å²) >= 11 is 0.